The number of nitrogens with one attached hydrogen (secondary N) is 4. The van der Waals surface area contributed by atoms with Crippen LogP contribution >= 0.6 is 0 Å². The Morgan fingerprint density at radius 3 is 1.13 bits per heavy atom. The zero-order valence-electron chi connectivity index (χ0n) is 68.5. The number of hydrogen-bond donors (Lipinski definition) is 5. The van der Waals surface area contributed by atoms with E-state index < -0.39 is 11.7 Å². The van der Waals surface area contributed by atoms with Crippen molar-refractivity contribution in [2.24, 2.45) is 44.6 Å². The summed E-state index contributed by atoms with van der Waals surface area (Å²) in [6.07, 6.45) is 38.1. The van der Waals surface area contributed by atoms with Gasteiger partial charge in [-0.3, -0.25) is 54.4 Å². The van der Waals surface area contributed by atoms with Crippen molar-refractivity contribution < 1.29 is 19.1 Å². The van der Waals surface area contributed by atoms with Gasteiger partial charge in [0.05, 0.1) is 51.2 Å². The molecule has 3 fully saturated rings. The smallest absolute Gasteiger partial charge is 0.407 e. The SMILES string of the molecule is Cn1ccc2ccc(-c3cc(NC(c4cccnc4)C4CCCCC4)cc4nccnc34)cc21.Cn1ccc2ccc(-c3cc(NC(c4cccnc4)C4CCN(C(=O)CCN)CC4)cc4nccnc34)cc21.Cn1ccc2ccc(-c3cc(NC(c4cccnc4)C4CCN(C(=O)CCNC(=O)OC(C)(C)C)CC4)cc4nccnc34)cc21. The van der Waals surface area contributed by atoms with E-state index in [1.54, 1.807) is 49.6 Å². The van der Waals surface area contributed by atoms with Crippen molar-refractivity contribution >= 4 is 101 Å². The first-order valence-corrected chi connectivity index (χ1v) is 41.6. The van der Waals surface area contributed by atoms with Crippen molar-refractivity contribution in [2.75, 3.05) is 55.2 Å². The molecule has 119 heavy (non-hydrogen) atoms. The molecule has 2 saturated heterocycles. The Kier molecular flexibility index (Phi) is 24.3. The molecule has 606 valence electrons. The van der Waals surface area contributed by atoms with E-state index in [4.69, 9.17) is 25.4 Å². The van der Waals surface area contributed by atoms with E-state index in [0.29, 0.717) is 37.9 Å². The maximum Gasteiger partial charge on any atom is 0.407 e. The summed E-state index contributed by atoms with van der Waals surface area (Å²) in [6.45, 7) is 8.87. The van der Waals surface area contributed by atoms with Crippen LogP contribution in [-0.4, -0.2) is 131 Å². The van der Waals surface area contributed by atoms with Crippen LogP contribution in [0, 0.1) is 17.8 Å². The minimum Gasteiger partial charge on any atom is -0.444 e. The fraction of sp³-hybridized carbons (Fsp3) is 0.312. The van der Waals surface area contributed by atoms with Crippen LogP contribution in [0.1, 0.15) is 126 Å². The lowest BCUT2D eigenvalue weighted by atomic mass is 9.81. The highest BCUT2D eigenvalue weighted by atomic mass is 16.6. The lowest BCUT2D eigenvalue weighted by Crippen LogP contribution is -2.42. The largest absolute Gasteiger partial charge is 0.444 e. The number of ether oxygens (including phenoxy) is 1. The number of anilines is 3. The van der Waals surface area contributed by atoms with Crippen molar-refractivity contribution in [2.45, 2.75) is 115 Å². The Hall–Kier alpha value is -13.0. The molecule has 2 aliphatic heterocycles. The van der Waals surface area contributed by atoms with Crippen molar-refractivity contribution in [3.05, 3.63) is 255 Å². The number of benzene rings is 6. The standard InChI is InChI=1S/C36H41N7O3.C31H33N7O.C29H29N5/c1-36(2,3)46-35(45)40-14-9-32(44)43-18-11-25(12-19-43)33(27-6-5-13-37-23-27)41-28-21-29(34-30(22-28)38-15-16-39-34)26-8-7-24-10-17-42(4)31(24)20-26;1-37-14-7-21-4-5-23(17-28(21)37)26-18-25(19-27-31(26)35-13-12-34-27)36-30(24-3-2-11-33-20-24)22-8-15-38(16-9-22)29(39)6-10-32;1-34-15-11-20-9-10-22(16-27(20)34)25-17-24(18-26-29(25)32-14-13-31-26)33-28(21-6-3-2-4-7-21)23-8-5-12-30-19-23/h5-8,10,13,15-17,20-23,25,33,41H,9,11-12,14,18-19H2,1-4H3,(H,40,45);2-5,7,11-14,17-20,22,30,36H,6,8-10,15-16,32H2,1H3;5,8-19,21,28,33H,2-4,6-7H2,1H3. The van der Waals surface area contributed by atoms with Gasteiger partial charge in [0.15, 0.2) is 0 Å². The molecule has 15 aromatic rings. The molecule has 1 aliphatic carbocycles. The fourth-order valence-corrected chi connectivity index (χ4v) is 17.5. The maximum atomic E-state index is 13.0. The first kappa shape index (κ1) is 79.8. The molecule has 11 heterocycles. The van der Waals surface area contributed by atoms with Gasteiger partial charge in [0, 0.05) is 217 Å². The molecule has 0 spiro atoms. The Bertz CT molecular complexity index is 6050. The summed E-state index contributed by atoms with van der Waals surface area (Å²) in [5.74, 6) is 1.40. The number of likely N-dealkylation sites (tertiary alicyclic amines) is 2. The van der Waals surface area contributed by atoms with Crippen LogP contribution in [0.15, 0.2) is 239 Å². The van der Waals surface area contributed by atoms with Gasteiger partial charge in [0.1, 0.15) is 5.60 Å². The number of nitrogens with two attached hydrogens (primary N) is 1. The quantitative estimate of drug-likeness (QED) is 0.0474. The number of pyridine rings is 3. The molecule has 0 bridgehead atoms. The number of aromatic nitrogens is 12. The number of amides is 3. The molecule has 3 amide bonds. The molecule has 6 aromatic carbocycles. The molecule has 1 saturated carbocycles. The maximum absolute atomic E-state index is 13.0. The molecule has 23 nitrogen and oxygen atoms in total. The van der Waals surface area contributed by atoms with Crippen LogP contribution in [0.5, 0.6) is 0 Å². The summed E-state index contributed by atoms with van der Waals surface area (Å²) in [5.41, 5.74) is 26.8. The topological polar surface area (TPSA) is 272 Å². The number of hydrogen-bond acceptors (Lipinski definition) is 17. The van der Waals surface area contributed by atoms with Gasteiger partial charge in [-0.05, 0) is 218 Å². The molecular formula is C96H103N19O4. The second-order valence-corrected chi connectivity index (χ2v) is 32.7. The average molecular weight is 1590 g/mol. The Morgan fingerprint density at radius 2 is 0.782 bits per heavy atom. The normalized spacial score (nSPS) is 15.1. The van der Waals surface area contributed by atoms with Crippen molar-refractivity contribution in [1.82, 2.24) is 73.7 Å². The van der Waals surface area contributed by atoms with Gasteiger partial charge in [-0.25, -0.2) is 4.79 Å². The number of aryl methyl sites for hydroxylation is 3. The third-order valence-corrected chi connectivity index (χ3v) is 23.6. The number of carbonyl (C=O) groups excluding carboxylic acids is 3. The molecule has 3 atom stereocenters. The summed E-state index contributed by atoms with van der Waals surface area (Å²) in [4.78, 5) is 82.6. The lowest BCUT2D eigenvalue weighted by molar-refractivity contribution is -0.133. The van der Waals surface area contributed by atoms with Gasteiger partial charge in [-0.2, -0.15) is 0 Å². The van der Waals surface area contributed by atoms with E-state index in [0.717, 1.165) is 139 Å². The van der Waals surface area contributed by atoms with Crippen LogP contribution in [-0.2, 0) is 35.5 Å². The molecule has 9 aromatic heterocycles. The summed E-state index contributed by atoms with van der Waals surface area (Å²) < 4.78 is 11.7. The zero-order valence-corrected chi connectivity index (χ0v) is 68.5. The predicted octanol–water partition coefficient (Wildman–Crippen LogP) is 18.3. The van der Waals surface area contributed by atoms with Crippen LogP contribution in [0.3, 0.4) is 0 Å². The van der Waals surface area contributed by atoms with Crippen molar-refractivity contribution in [3.8, 4) is 33.4 Å². The van der Waals surface area contributed by atoms with Crippen molar-refractivity contribution in [1.29, 1.82) is 0 Å². The minimum atomic E-state index is -0.576. The second kappa shape index (κ2) is 36.2. The van der Waals surface area contributed by atoms with E-state index in [-0.39, 0.29) is 48.8 Å². The van der Waals surface area contributed by atoms with E-state index in [1.807, 2.05) is 73.6 Å². The molecule has 6 N–H and O–H groups in total. The van der Waals surface area contributed by atoms with E-state index in [9.17, 15) is 14.4 Å². The summed E-state index contributed by atoms with van der Waals surface area (Å²) in [7, 11) is 6.21. The van der Waals surface area contributed by atoms with Crippen LogP contribution in [0.25, 0.3) is 99.2 Å². The van der Waals surface area contributed by atoms with Gasteiger partial charge in [-0.1, -0.05) is 73.9 Å². The third kappa shape index (κ3) is 18.7. The Morgan fingerprint density at radius 1 is 0.429 bits per heavy atom. The Balaban J connectivity index is 0.000000135. The monoisotopic (exact) mass is 1590 g/mol. The first-order chi connectivity index (χ1) is 58.0. The first-order valence-electron chi connectivity index (χ1n) is 41.6. The van der Waals surface area contributed by atoms with Crippen LogP contribution < -0.4 is 27.0 Å². The van der Waals surface area contributed by atoms with E-state index >= 15 is 0 Å². The van der Waals surface area contributed by atoms with Gasteiger partial charge in [0.25, 0.3) is 0 Å². The highest BCUT2D eigenvalue weighted by Gasteiger charge is 2.33. The van der Waals surface area contributed by atoms with E-state index in [1.165, 1.54) is 64.9 Å². The number of carbonyl (C=O) groups is 3. The van der Waals surface area contributed by atoms with Crippen molar-refractivity contribution in [3.63, 3.8) is 0 Å². The van der Waals surface area contributed by atoms with Gasteiger partial charge in [0.2, 0.25) is 11.8 Å². The minimum absolute atomic E-state index is 0.0166. The highest BCUT2D eigenvalue weighted by molar-refractivity contribution is 6.00. The lowest BCUT2D eigenvalue weighted by Gasteiger charge is -2.37. The summed E-state index contributed by atoms with van der Waals surface area (Å²) in [6, 6.07) is 51.6. The number of piperidine rings is 2. The predicted molar refractivity (Wildman–Crippen MR) is 474 cm³/mol. The Labute approximate surface area is 693 Å². The number of fused-ring (bicyclic) bond motifs is 6. The number of nitrogens with zero attached hydrogens (tertiary/aromatic N) is 14. The number of alkyl carbamates (subject to hydrolysis) is 1. The van der Waals surface area contributed by atoms with E-state index in [2.05, 4.69) is 232 Å². The number of rotatable bonds is 20. The molecule has 0 radical (unpaired) electrons. The molecule has 18 rings (SSSR count). The van der Waals surface area contributed by atoms with Crippen LogP contribution in [0.2, 0.25) is 0 Å². The van der Waals surface area contributed by atoms with Gasteiger partial charge in [-0.15, -0.1) is 0 Å². The summed E-state index contributed by atoms with van der Waals surface area (Å²) >= 11 is 0. The zero-order chi connectivity index (χ0) is 81.9. The van der Waals surface area contributed by atoms with Gasteiger partial charge < -0.3 is 55.2 Å². The molecule has 23 heteroatoms. The van der Waals surface area contributed by atoms with Gasteiger partial charge >= 0.3 is 6.09 Å². The summed E-state index contributed by atoms with van der Waals surface area (Å²) in [5, 5.41) is 17.9. The fourth-order valence-electron chi connectivity index (χ4n) is 17.5. The molecule has 3 aliphatic rings. The third-order valence-electron chi connectivity index (χ3n) is 23.6. The molecular weight excluding hydrogens is 1480 g/mol. The average Bonchev–Trinajstić information content (AvgIpc) is 1.22. The highest BCUT2D eigenvalue weighted by Crippen LogP contribution is 2.43. The second-order valence-electron chi connectivity index (χ2n) is 32.7. The molecule has 3 unspecified atom stereocenters. The van der Waals surface area contributed by atoms with Crippen LogP contribution in [0.4, 0.5) is 21.9 Å².